The number of nitrogens with zero attached hydrogens (tertiary/aromatic N) is 1. The number of amides is 1. The summed E-state index contributed by atoms with van der Waals surface area (Å²) in [6, 6.07) is 11.5. The summed E-state index contributed by atoms with van der Waals surface area (Å²) < 4.78 is 5.46. The van der Waals surface area contributed by atoms with Gasteiger partial charge in [0.15, 0.2) is 5.17 Å². The Morgan fingerprint density at radius 2 is 2.00 bits per heavy atom. The zero-order chi connectivity index (χ0) is 14.8. The highest BCUT2D eigenvalue weighted by atomic mass is 32.2. The van der Waals surface area contributed by atoms with Gasteiger partial charge in [-0.2, -0.15) is 0 Å². The standard InChI is InChI=1S/C16H14N2O2S/c1-10-5-3-4-6-13(10)17-16-18-15(19)14(21-16)9-12-8-7-11(2)20-12/h3-9H,1-2H3,(H,17,18,19). The van der Waals surface area contributed by atoms with Gasteiger partial charge in [0.2, 0.25) is 0 Å². The molecule has 0 bridgehead atoms. The van der Waals surface area contributed by atoms with Crippen molar-refractivity contribution >= 4 is 34.6 Å². The van der Waals surface area contributed by atoms with Crippen molar-refractivity contribution in [1.82, 2.24) is 5.32 Å². The molecular weight excluding hydrogens is 284 g/mol. The lowest BCUT2D eigenvalue weighted by Gasteiger charge is -1.99. The van der Waals surface area contributed by atoms with E-state index in [1.165, 1.54) is 11.8 Å². The molecule has 0 saturated carbocycles. The molecule has 1 N–H and O–H groups in total. The summed E-state index contributed by atoms with van der Waals surface area (Å²) in [5.41, 5.74) is 1.93. The van der Waals surface area contributed by atoms with E-state index < -0.39 is 0 Å². The van der Waals surface area contributed by atoms with Crippen LogP contribution in [0.2, 0.25) is 0 Å². The fraction of sp³-hybridized carbons (Fsp3) is 0.125. The number of nitrogens with one attached hydrogen (secondary N) is 1. The minimum Gasteiger partial charge on any atom is -0.462 e. The second-order valence-corrected chi connectivity index (χ2v) is 5.75. The number of rotatable bonds is 2. The summed E-state index contributed by atoms with van der Waals surface area (Å²) in [5.74, 6) is 1.34. The van der Waals surface area contributed by atoms with Gasteiger partial charge in [0, 0.05) is 6.08 Å². The first kappa shape index (κ1) is 13.7. The monoisotopic (exact) mass is 298 g/mol. The number of hydrogen-bond donors (Lipinski definition) is 1. The fourth-order valence-corrected chi connectivity index (χ4v) is 2.75. The Hall–Kier alpha value is -2.27. The molecule has 0 atom stereocenters. The molecule has 1 aliphatic heterocycles. The Morgan fingerprint density at radius 3 is 2.71 bits per heavy atom. The molecule has 1 amide bonds. The van der Waals surface area contributed by atoms with Crippen molar-refractivity contribution in [2.24, 2.45) is 4.99 Å². The lowest BCUT2D eigenvalue weighted by atomic mass is 10.2. The lowest BCUT2D eigenvalue weighted by molar-refractivity contribution is -0.115. The summed E-state index contributed by atoms with van der Waals surface area (Å²) in [5, 5.41) is 3.36. The zero-order valence-electron chi connectivity index (χ0n) is 11.7. The predicted octanol–water partition coefficient (Wildman–Crippen LogP) is 3.79. The largest absolute Gasteiger partial charge is 0.462 e. The van der Waals surface area contributed by atoms with Crippen LogP contribution in [-0.4, -0.2) is 11.1 Å². The van der Waals surface area contributed by atoms with Crippen LogP contribution in [0.4, 0.5) is 5.69 Å². The van der Waals surface area contributed by atoms with Crippen molar-refractivity contribution in [3.8, 4) is 0 Å². The van der Waals surface area contributed by atoms with E-state index in [1.54, 1.807) is 6.08 Å². The van der Waals surface area contributed by atoms with Crippen molar-refractivity contribution in [3.63, 3.8) is 0 Å². The normalized spacial score (nSPS) is 18.5. The maximum absolute atomic E-state index is 11.9. The Morgan fingerprint density at radius 1 is 1.19 bits per heavy atom. The highest BCUT2D eigenvalue weighted by Crippen LogP contribution is 2.29. The number of carbonyl (C=O) groups excluding carboxylic acids is 1. The fourth-order valence-electron chi connectivity index (χ4n) is 1.94. The second-order valence-electron chi connectivity index (χ2n) is 4.72. The van der Waals surface area contributed by atoms with Gasteiger partial charge in [-0.1, -0.05) is 18.2 Å². The number of thioether (sulfide) groups is 1. The summed E-state index contributed by atoms with van der Waals surface area (Å²) in [4.78, 5) is 17.0. The first-order valence-electron chi connectivity index (χ1n) is 6.53. The van der Waals surface area contributed by atoms with Crippen LogP contribution in [0.25, 0.3) is 6.08 Å². The van der Waals surface area contributed by atoms with Crippen molar-refractivity contribution in [2.75, 3.05) is 0 Å². The highest BCUT2D eigenvalue weighted by molar-refractivity contribution is 8.18. The van der Waals surface area contributed by atoms with E-state index in [-0.39, 0.29) is 5.91 Å². The second kappa shape index (κ2) is 5.61. The quantitative estimate of drug-likeness (QED) is 0.858. The van der Waals surface area contributed by atoms with E-state index in [0.717, 1.165) is 17.0 Å². The third-order valence-electron chi connectivity index (χ3n) is 3.02. The Balaban J connectivity index is 1.85. The number of para-hydroxylation sites is 1. The third-order valence-corrected chi connectivity index (χ3v) is 3.93. The van der Waals surface area contributed by atoms with Gasteiger partial charge in [0.05, 0.1) is 10.6 Å². The average molecular weight is 298 g/mol. The molecule has 1 aromatic heterocycles. The van der Waals surface area contributed by atoms with Gasteiger partial charge in [-0.15, -0.1) is 0 Å². The number of aliphatic imine (C=N–C) groups is 1. The topological polar surface area (TPSA) is 54.6 Å². The van der Waals surface area contributed by atoms with Gasteiger partial charge >= 0.3 is 0 Å². The van der Waals surface area contributed by atoms with Crippen LogP contribution in [0.1, 0.15) is 17.1 Å². The molecule has 21 heavy (non-hydrogen) atoms. The molecule has 1 aliphatic rings. The maximum atomic E-state index is 11.9. The van der Waals surface area contributed by atoms with Crippen molar-refractivity contribution in [1.29, 1.82) is 0 Å². The van der Waals surface area contributed by atoms with E-state index in [9.17, 15) is 4.79 Å². The number of benzene rings is 1. The van der Waals surface area contributed by atoms with Crippen LogP contribution in [0.15, 0.2) is 50.7 Å². The van der Waals surface area contributed by atoms with E-state index in [1.807, 2.05) is 50.2 Å². The summed E-state index contributed by atoms with van der Waals surface area (Å²) in [6.45, 7) is 3.86. The minimum atomic E-state index is -0.151. The van der Waals surface area contributed by atoms with Gasteiger partial charge in [0.1, 0.15) is 11.5 Å². The molecule has 0 aliphatic carbocycles. The molecule has 106 valence electrons. The Kier molecular flexibility index (Phi) is 3.66. The van der Waals surface area contributed by atoms with E-state index in [4.69, 9.17) is 4.42 Å². The molecule has 2 aromatic rings. The SMILES string of the molecule is Cc1ccc(C=C2SC(=Nc3ccccc3C)NC2=O)o1. The lowest BCUT2D eigenvalue weighted by Crippen LogP contribution is -2.19. The minimum absolute atomic E-state index is 0.151. The van der Waals surface area contributed by atoms with Gasteiger partial charge in [0.25, 0.3) is 5.91 Å². The summed E-state index contributed by atoms with van der Waals surface area (Å²) in [7, 11) is 0. The van der Waals surface area contributed by atoms with E-state index in [0.29, 0.717) is 15.8 Å². The van der Waals surface area contributed by atoms with Gasteiger partial charge in [-0.25, -0.2) is 4.99 Å². The number of amidine groups is 1. The summed E-state index contributed by atoms with van der Waals surface area (Å²) >= 11 is 1.32. The van der Waals surface area contributed by atoms with Gasteiger partial charge in [-0.3, -0.25) is 4.79 Å². The van der Waals surface area contributed by atoms with Crippen LogP contribution < -0.4 is 5.32 Å². The predicted molar refractivity (Wildman–Crippen MR) is 85.4 cm³/mol. The Labute approximate surface area is 127 Å². The number of carbonyl (C=O) groups is 1. The van der Waals surface area contributed by atoms with Crippen LogP contribution in [0.3, 0.4) is 0 Å². The molecule has 0 radical (unpaired) electrons. The number of aryl methyl sites for hydroxylation is 2. The van der Waals surface area contributed by atoms with Crippen molar-refractivity contribution < 1.29 is 9.21 Å². The molecule has 2 heterocycles. The molecule has 1 saturated heterocycles. The maximum Gasteiger partial charge on any atom is 0.264 e. The average Bonchev–Trinajstić information content (AvgIpc) is 3.00. The molecule has 4 nitrogen and oxygen atoms in total. The van der Waals surface area contributed by atoms with Gasteiger partial charge in [-0.05, 0) is 49.4 Å². The molecule has 5 heteroatoms. The van der Waals surface area contributed by atoms with E-state index >= 15 is 0 Å². The van der Waals surface area contributed by atoms with Gasteiger partial charge < -0.3 is 9.73 Å². The number of furan rings is 1. The third kappa shape index (κ3) is 3.08. The van der Waals surface area contributed by atoms with Crippen LogP contribution in [0.5, 0.6) is 0 Å². The molecule has 0 unspecified atom stereocenters. The molecule has 3 rings (SSSR count). The van der Waals surface area contributed by atoms with Crippen molar-refractivity contribution in [2.45, 2.75) is 13.8 Å². The van der Waals surface area contributed by atoms with Crippen LogP contribution >= 0.6 is 11.8 Å². The van der Waals surface area contributed by atoms with Crippen LogP contribution in [-0.2, 0) is 4.79 Å². The number of hydrogen-bond acceptors (Lipinski definition) is 4. The molecule has 1 aromatic carbocycles. The Bertz CT molecular complexity index is 759. The van der Waals surface area contributed by atoms with Crippen LogP contribution in [0, 0.1) is 13.8 Å². The first-order chi connectivity index (χ1) is 10.1. The molecule has 1 fully saturated rings. The summed E-state index contributed by atoms with van der Waals surface area (Å²) in [6.07, 6.45) is 1.73. The van der Waals surface area contributed by atoms with E-state index in [2.05, 4.69) is 10.3 Å². The molecular formula is C16H14N2O2S. The molecule has 0 spiro atoms. The van der Waals surface area contributed by atoms with Crippen molar-refractivity contribution in [3.05, 3.63) is 58.4 Å². The zero-order valence-corrected chi connectivity index (χ0v) is 12.5. The highest BCUT2D eigenvalue weighted by Gasteiger charge is 2.24. The smallest absolute Gasteiger partial charge is 0.264 e. The first-order valence-corrected chi connectivity index (χ1v) is 7.35.